The number of nitrogens with one attached hydrogen (secondary N) is 1. The fraction of sp³-hybridized carbons (Fsp3) is 0.292. The van der Waals surface area contributed by atoms with E-state index < -0.39 is 0 Å². The highest BCUT2D eigenvalue weighted by molar-refractivity contribution is 7.12. The molecular weight excluding hydrogens is 415 g/mol. The summed E-state index contributed by atoms with van der Waals surface area (Å²) in [5, 5.41) is 4.98. The van der Waals surface area contributed by atoms with Gasteiger partial charge in [0.2, 0.25) is 0 Å². The molecule has 1 aromatic heterocycles. The summed E-state index contributed by atoms with van der Waals surface area (Å²) in [6.45, 7) is 1.94. The molecule has 1 atom stereocenters. The van der Waals surface area contributed by atoms with Crippen LogP contribution >= 0.6 is 11.3 Å². The average molecular weight is 441 g/mol. The van der Waals surface area contributed by atoms with E-state index >= 15 is 0 Å². The third-order valence-electron chi connectivity index (χ3n) is 5.61. The molecule has 0 fully saturated rings. The SMILES string of the molecule is COc1cc2c(cc1OC)[C@@H](CNC(=O)c1cccs1)N(Cc1ccc(F)cc1)CC2. The molecule has 0 spiro atoms. The number of hydrogen-bond donors (Lipinski definition) is 1. The van der Waals surface area contributed by atoms with Crippen LogP contribution in [0, 0.1) is 5.82 Å². The van der Waals surface area contributed by atoms with E-state index in [1.54, 1.807) is 26.4 Å². The lowest BCUT2D eigenvalue weighted by atomic mass is 9.91. The predicted molar refractivity (Wildman–Crippen MR) is 119 cm³/mol. The summed E-state index contributed by atoms with van der Waals surface area (Å²) in [6.07, 6.45) is 0.853. The molecule has 162 valence electrons. The lowest BCUT2D eigenvalue weighted by Gasteiger charge is -2.38. The van der Waals surface area contributed by atoms with Crippen LogP contribution in [0.25, 0.3) is 0 Å². The van der Waals surface area contributed by atoms with Gasteiger partial charge in [0.15, 0.2) is 11.5 Å². The molecule has 7 heteroatoms. The monoisotopic (exact) mass is 440 g/mol. The molecule has 0 saturated carbocycles. The van der Waals surface area contributed by atoms with Crippen molar-refractivity contribution in [3.8, 4) is 11.5 Å². The Morgan fingerprint density at radius 1 is 1.16 bits per heavy atom. The van der Waals surface area contributed by atoms with E-state index in [4.69, 9.17) is 9.47 Å². The molecule has 2 heterocycles. The number of benzene rings is 2. The minimum atomic E-state index is -0.246. The first kappa shape index (κ1) is 21.3. The van der Waals surface area contributed by atoms with Gasteiger partial charge in [-0.2, -0.15) is 0 Å². The Morgan fingerprint density at radius 3 is 2.58 bits per heavy atom. The van der Waals surface area contributed by atoms with E-state index in [0.717, 1.165) is 24.1 Å². The number of ether oxygens (including phenoxy) is 2. The van der Waals surface area contributed by atoms with Gasteiger partial charge in [0.1, 0.15) is 5.82 Å². The van der Waals surface area contributed by atoms with Crippen molar-refractivity contribution in [2.75, 3.05) is 27.3 Å². The fourth-order valence-electron chi connectivity index (χ4n) is 4.02. The number of thiophene rings is 1. The van der Waals surface area contributed by atoms with Crippen molar-refractivity contribution in [2.45, 2.75) is 19.0 Å². The summed E-state index contributed by atoms with van der Waals surface area (Å²) < 4.78 is 24.4. The smallest absolute Gasteiger partial charge is 0.261 e. The van der Waals surface area contributed by atoms with Crippen LogP contribution < -0.4 is 14.8 Å². The highest BCUT2D eigenvalue weighted by Gasteiger charge is 2.29. The summed E-state index contributed by atoms with van der Waals surface area (Å²) in [7, 11) is 3.25. The Bertz CT molecular complexity index is 1040. The number of amides is 1. The summed E-state index contributed by atoms with van der Waals surface area (Å²) in [4.78, 5) is 15.6. The topological polar surface area (TPSA) is 50.8 Å². The van der Waals surface area contributed by atoms with Crippen molar-refractivity contribution in [3.05, 3.63) is 81.3 Å². The third kappa shape index (κ3) is 4.73. The lowest BCUT2D eigenvalue weighted by Crippen LogP contribution is -2.41. The molecule has 1 amide bonds. The summed E-state index contributed by atoms with van der Waals surface area (Å²) >= 11 is 1.42. The number of hydrogen-bond acceptors (Lipinski definition) is 5. The zero-order valence-electron chi connectivity index (χ0n) is 17.6. The standard InChI is InChI=1S/C24H25FN2O3S/c1-29-21-12-17-9-10-27(15-16-5-7-18(25)8-6-16)20(19(17)13-22(21)30-2)14-26-24(28)23-4-3-11-31-23/h3-8,11-13,20H,9-10,14-15H2,1-2H3,(H,26,28)/t20-/m1/s1. The van der Waals surface area contributed by atoms with Gasteiger partial charge in [0, 0.05) is 19.6 Å². The number of halogens is 1. The molecule has 0 radical (unpaired) electrons. The van der Waals surface area contributed by atoms with Crippen LogP contribution in [-0.4, -0.2) is 38.1 Å². The number of methoxy groups -OCH3 is 2. The Labute approximate surface area is 185 Å². The zero-order chi connectivity index (χ0) is 21.8. The Kier molecular flexibility index (Phi) is 6.53. The zero-order valence-corrected chi connectivity index (χ0v) is 18.4. The number of carbonyl (C=O) groups is 1. The Morgan fingerprint density at radius 2 is 1.90 bits per heavy atom. The van der Waals surface area contributed by atoms with E-state index in [1.807, 2.05) is 29.6 Å². The maximum Gasteiger partial charge on any atom is 0.261 e. The number of carbonyl (C=O) groups excluding carboxylic acids is 1. The van der Waals surface area contributed by atoms with Crippen LogP contribution in [0.3, 0.4) is 0 Å². The normalized spacial score (nSPS) is 15.9. The maximum atomic E-state index is 13.4. The quantitative estimate of drug-likeness (QED) is 0.590. The van der Waals surface area contributed by atoms with Crippen molar-refractivity contribution in [3.63, 3.8) is 0 Å². The Balaban J connectivity index is 1.63. The second-order valence-corrected chi connectivity index (χ2v) is 8.40. The minimum absolute atomic E-state index is 0.0440. The van der Waals surface area contributed by atoms with Crippen molar-refractivity contribution in [1.29, 1.82) is 0 Å². The summed E-state index contributed by atoms with van der Waals surface area (Å²) in [5.41, 5.74) is 3.32. The van der Waals surface area contributed by atoms with Gasteiger partial charge in [-0.3, -0.25) is 9.69 Å². The average Bonchev–Trinajstić information content (AvgIpc) is 3.33. The first-order valence-corrected chi connectivity index (χ1v) is 11.0. The van der Waals surface area contributed by atoms with Gasteiger partial charge >= 0.3 is 0 Å². The molecule has 1 aliphatic heterocycles. The van der Waals surface area contributed by atoms with Crippen molar-refractivity contribution < 1.29 is 18.7 Å². The number of rotatable bonds is 7. The summed E-state index contributed by atoms with van der Waals surface area (Å²) in [6, 6.07) is 14.2. The van der Waals surface area contributed by atoms with E-state index in [2.05, 4.69) is 10.2 Å². The van der Waals surface area contributed by atoms with Crippen LogP contribution in [0.4, 0.5) is 4.39 Å². The van der Waals surface area contributed by atoms with Crippen LogP contribution in [0.2, 0.25) is 0 Å². The molecule has 0 aliphatic carbocycles. The molecule has 31 heavy (non-hydrogen) atoms. The molecule has 1 N–H and O–H groups in total. The molecule has 0 bridgehead atoms. The van der Waals surface area contributed by atoms with Gasteiger partial charge in [-0.25, -0.2) is 4.39 Å². The van der Waals surface area contributed by atoms with E-state index in [9.17, 15) is 9.18 Å². The van der Waals surface area contributed by atoms with Crippen molar-refractivity contribution in [2.24, 2.45) is 0 Å². The largest absolute Gasteiger partial charge is 0.493 e. The second-order valence-electron chi connectivity index (χ2n) is 7.46. The number of nitrogens with zero attached hydrogens (tertiary/aromatic N) is 1. The maximum absolute atomic E-state index is 13.4. The highest BCUT2D eigenvalue weighted by atomic mass is 32.1. The van der Waals surface area contributed by atoms with Gasteiger partial charge in [-0.05, 0) is 58.8 Å². The van der Waals surface area contributed by atoms with E-state index in [0.29, 0.717) is 29.5 Å². The van der Waals surface area contributed by atoms with Gasteiger partial charge in [-0.1, -0.05) is 18.2 Å². The van der Waals surface area contributed by atoms with Crippen molar-refractivity contribution >= 4 is 17.2 Å². The molecule has 3 aromatic rings. The number of fused-ring (bicyclic) bond motifs is 1. The van der Waals surface area contributed by atoms with Gasteiger partial charge in [-0.15, -0.1) is 11.3 Å². The lowest BCUT2D eigenvalue weighted by molar-refractivity contribution is 0.0930. The van der Waals surface area contributed by atoms with E-state index in [-0.39, 0.29) is 17.8 Å². The van der Waals surface area contributed by atoms with Gasteiger partial charge in [0.25, 0.3) is 5.91 Å². The Hall–Kier alpha value is -2.90. The van der Waals surface area contributed by atoms with Crippen LogP contribution in [-0.2, 0) is 13.0 Å². The van der Waals surface area contributed by atoms with Crippen LogP contribution in [0.1, 0.15) is 32.4 Å². The predicted octanol–water partition coefficient (Wildman–Crippen LogP) is 4.43. The third-order valence-corrected chi connectivity index (χ3v) is 6.48. The van der Waals surface area contributed by atoms with E-state index in [1.165, 1.54) is 29.0 Å². The summed E-state index contributed by atoms with van der Waals surface area (Å²) in [5.74, 6) is 1.04. The highest BCUT2D eigenvalue weighted by Crippen LogP contribution is 2.38. The second kappa shape index (κ2) is 9.49. The molecule has 0 saturated heterocycles. The molecule has 2 aromatic carbocycles. The van der Waals surface area contributed by atoms with Crippen LogP contribution in [0.15, 0.2) is 53.9 Å². The molecule has 1 aliphatic rings. The molecular formula is C24H25FN2O3S. The molecule has 4 rings (SSSR count). The van der Waals surface area contributed by atoms with Gasteiger partial charge in [0.05, 0.1) is 25.1 Å². The first-order valence-electron chi connectivity index (χ1n) is 10.1. The van der Waals surface area contributed by atoms with Crippen molar-refractivity contribution in [1.82, 2.24) is 10.2 Å². The van der Waals surface area contributed by atoms with Gasteiger partial charge < -0.3 is 14.8 Å². The first-order chi connectivity index (χ1) is 15.1. The molecule has 5 nitrogen and oxygen atoms in total. The van der Waals surface area contributed by atoms with Crippen LogP contribution in [0.5, 0.6) is 11.5 Å². The molecule has 0 unspecified atom stereocenters. The fourth-order valence-corrected chi connectivity index (χ4v) is 4.66. The minimum Gasteiger partial charge on any atom is -0.493 e.